The molecule has 0 saturated carbocycles. The van der Waals surface area contributed by atoms with Crippen LogP contribution in [0.3, 0.4) is 0 Å². The molecule has 2 N–H and O–H groups in total. The molecule has 0 saturated heterocycles. The van der Waals surface area contributed by atoms with Gasteiger partial charge in [0, 0.05) is 24.7 Å². The van der Waals surface area contributed by atoms with Crippen molar-refractivity contribution < 1.29 is 0 Å². The van der Waals surface area contributed by atoms with Crippen LogP contribution < -0.4 is 5.73 Å². The summed E-state index contributed by atoms with van der Waals surface area (Å²) >= 11 is 0. The lowest BCUT2D eigenvalue weighted by atomic mass is 10.0. The highest BCUT2D eigenvalue weighted by Gasteiger charge is 2.11. The maximum absolute atomic E-state index is 5.65. The fraction of sp³-hybridized carbons (Fsp3) is 0.417. The molecule has 3 nitrogen and oxygen atoms in total. The van der Waals surface area contributed by atoms with Crippen molar-refractivity contribution in [3.63, 3.8) is 0 Å². The number of nitrogens with zero attached hydrogens (tertiary/aromatic N) is 2. The third kappa shape index (κ3) is 1.63. The highest BCUT2D eigenvalue weighted by molar-refractivity contribution is 5.82. The van der Waals surface area contributed by atoms with Crippen LogP contribution in [0.2, 0.25) is 0 Å². The first-order valence-corrected chi connectivity index (χ1v) is 5.29. The van der Waals surface area contributed by atoms with Gasteiger partial charge in [-0.1, -0.05) is 19.9 Å². The van der Waals surface area contributed by atoms with Gasteiger partial charge in [-0.15, -0.1) is 0 Å². The molecule has 1 aromatic carbocycles. The molecule has 0 aliphatic carbocycles. The standard InChI is InChI=1S/C12H17N3/c1-8(2)12-10-6-9(7-13)4-5-11(10)14-15(12)3/h4-6,8H,7,13H2,1-3H3. The Kier molecular flexibility index (Phi) is 2.49. The van der Waals surface area contributed by atoms with Gasteiger partial charge in [-0.3, -0.25) is 4.68 Å². The highest BCUT2D eigenvalue weighted by Crippen LogP contribution is 2.25. The molecule has 3 heteroatoms. The zero-order valence-corrected chi connectivity index (χ0v) is 9.49. The lowest BCUT2D eigenvalue weighted by Crippen LogP contribution is -2.00. The number of hydrogen-bond donors (Lipinski definition) is 1. The van der Waals surface area contributed by atoms with Gasteiger partial charge < -0.3 is 5.73 Å². The van der Waals surface area contributed by atoms with Crippen molar-refractivity contribution in [1.29, 1.82) is 0 Å². The minimum Gasteiger partial charge on any atom is -0.326 e. The average Bonchev–Trinajstić information content (AvgIpc) is 2.52. The summed E-state index contributed by atoms with van der Waals surface area (Å²) in [5, 5.41) is 5.72. The molecule has 15 heavy (non-hydrogen) atoms. The molecule has 0 radical (unpaired) electrons. The number of hydrogen-bond acceptors (Lipinski definition) is 2. The average molecular weight is 203 g/mol. The molecular formula is C12H17N3. The Bertz CT molecular complexity index is 483. The minimum atomic E-state index is 0.480. The molecule has 80 valence electrons. The Morgan fingerprint density at radius 2 is 2.13 bits per heavy atom. The first-order chi connectivity index (χ1) is 7.13. The van der Waals surface area contributed by atoms with E-state index in [1.54, 1.807) is 0 Å². The molecule has 1 aromatic heterocycles. The van der Waals surface area contributed by atoms with E-state index in [2.05, 4.69) is 25.0 Å². The number of benzene rings is 1. The zero-order valence-electron chi connectivity index (χ0n) is 9.49. The molecular weight excluding hydrogens is 186 g/mol. The predicted octanol–water partition coefficient (Wildman–Crippen LogP) is 2.16. The Hall–Kier alpha value is -1.35. The molecule has 0 amide bonds. The molecule has 1 heterocycles. The summed E-state index contributed by atoms with van der Waals surface area (Å²) in [7, 11) is 2.00. The van der Waals surface area contributed by atoms with E-state index >= 15 is 0 Å². The van der Waals surface area contributed by atoms with Crippen LogP contribution in [0, 0.1) is 0 Å². The molecule has 2 aromatic rings. The van der Waals surface area contributed by atoms with E-state index in [1.807, 2.05) is 23.9 Å². The predicted molar refractivity (Wildman–Crippen MR) is 62.7 cm³/mol. The third-order valence-corrected chi connectivity index (χ3v) is 2.73. The summed E-state index contributed by atoms with van der Waals surface area (Å²) in [4.78, 5) is 0. The Morgan fingerprint density at radius 1 is 1.40 bits per heavy atom. The topological polar surface area (TPSA) is 43.8 Å². The highest BCUT2D eigenvalue weighted by atomic mass is 15.3. The van der Waals surface area contributed by atoms with E-state index in [-0.39, 0.29) is 0 Å². The largest absolute Gasteiger partial charge is 0.326 e. The third-order valence-electron chi connectivity index (χ3n) is 2.73. The van der Waals surface area contributed by atoms with Crippen molar-refractivity contribution in [2.24, 2.45) is 12.8 Å². The molecule has 0 aliphatic rings. The van der Waals surface area contributed by atoms with Crippen molar-refractivity contribution >= 4 is 10.9 Å². The maximum Gasteiger partial charge on any atom is 0.0926 e. The van der Waals surface area contributed by atoms with E-state index in [9.17, 15) is 0 Å². The SMILES string of the molecule is CC(C)c1c2cc(CN)ccc2nn1C. The number of rotatable bonds is 2. The zero-order chi connectivity index (χ0) is 11.0. The van der Waals surface area contributed by atoms with Gasteiger partial charge in [-0.25, -0.2) is 0 Å². The fourth-order valence-corrected chi connectivity index (χ4v) is 2.08. The second kappa shape index (κ2) is 3.66. The molecule has 0 aliphatic heterocycles. The van der Waals surface area contributed by atoms with Crippen LogP contribution >= 0.6 is 0 Å². The first-order valence-electron chi connectivity index (χ1n) is 5.29. The van der Waals surface area contributed by atoms with Crippen LogP contribution in [0.15, 0.2) is 18.2 Å². The van der Waals surface area contributed by atoms with Crippen molar-refractivity contribution in [2.45, 2.75) is 26.3 Å². The van der Waals surface area contributed by atoms with E-state index < -0.39 is 0 Å². The van der Waals surface area contributed by atoms with Gasteiger partial charge in [-0.2, -0.15) is 5.10 Å². The van der Waals surface area contributed by atoms with Crippen LogP contribution in [0.25, 0.3) is 10.9 Å². The number of aryl methyl sites for hydroxylation is 1. The second-order valence-corrected chi connectivity index (χ2v) is 4.22. The summed E-state index contributed by atoms with van der Waals surface area (Å²) in [6.07, 6.45) is 0. The quantitative estimate of drug-likeness (QED) is 0.812. The summed E-state index contributed by atoms with van der Waals surface area (Å²) < 4.78 is 1.97. The van der Waals surface area contributed by atoms with Crippen LogP contribution in [-0.2, 0) is 13.6 Å². The van der Waals surface area contributed by atoms with Crippen LogP contribution in [0.4, 0.5) is 0 Å². The van der Waals surface area contributed by atoms with Crippen molar-refractivity contribution in [3.8, 4) is 0 Å². The van der Waals surface area contributed by atoms with Gasteiger partial charge in [0.05, 0.1) is 5.52 Å². The molecule has 0 bridgehead atoms. The monoisotopic (exact) mass is 203 g/mol. The molecule has 0 unspecified atom stereocenters. The fourth-order valence-electron chi connectivity index (χ4n) is 2.08. The van der Waals surface area contributed by atoms with Crippen molar-refractivity contribution in [2.75, 3.05) is 0 Å². The van der Waals surface area contributed by atoms with Crippen LogP contribution in [0.5, 0.6) is 0 Å². The molecule has 0 fully saturated rings. The van der Waals surface area contributed by atoms with E-state index in [0.717, 1.165) is 11.1 Å². The molecule has 0 spiro atoms. The van der Waals surface area contributed by atoms with E-state index in [1.165, 1.54) is 11.1 Å². The first kappa shape index (κ1) is 10.2. The van der Waals surface area contributed by atoms with Gasteiger partial charge in [0.15, 0.2) is 0 Å². The van der Waals surface area contributed by atoms with Crippen LogP contribution in [-0.4, -0.2) is 9.78 Å². The Morgan fingerprint density at radius 3 is 2.73 bits per heavy atom. The smallest absolute Gasteiger partial charge is 0.0926 e. The molecule has 2 rings (SSSR count). The summed E-state index contributed by atoms with van der Waals surface area (Å²) in [5.74, 6) is 0.480. The summed E-state index contributed by atoms with van der Waals surface area (Å²) in [6.45, 7) is 4.96. The van der Waals surface area contributed by atoms with Crippen molar-refractivity contribution in [3.05, 3.63) is 29.5 Å². The van der Waals surface area contributed by atoms with Gasteiger partial charge in [0.2, 0.25) is 0 Å². The van der Waals surface area contributed by atoms with Crippen molar-refractivity contribution in [1.82, 2.24) is 9.78 Å². The number of aromatic nitrogens is 2. The van der Waals surface area contributed by atoms with Crippen LogP contribution in [0.1, 0.15) is 31.0 Å². The van der Waals surface area contributed by atoms with Gasteiger partial charge in [0.25, 0.3) is 0 Å². The maximum atomic E-state index is 5.65. The number of fused-ring (bicyclic) bond motifs is 1. The summed E-state index contributed by atoms with van der Waals surface area (Å²) in [5.41, 5.74) is 9.14. The Labute approximate surface area is 89.9 Å². The number of nitrogens with two attached hydrogens (primary N) is 1. The van der Waals surface area contributed by atoms with E-state index in [4.69, 9.17) is 5.73 Å². The lowest BCUT2D eigenvalue weighted by Gasteiger charge is -2.06. The normalized spacial score (nSPS) is 11.5. The molecule has 0 atom stereocenters. The van der Waals surface area contributed by atoms with Gasteiger partial charge in [0.1, 0.15) is 0 Å². The van der Waals surface area contributed by atoms with E-state index in [0.29, 0.717) is 12.5 Å². The minimum absolute atomic E-state index is 0.480. The lowest BCUT2D eigenvalue weighted by molar-refractivity contribution is 0.677. The Balaban J connectivity index is 2.72. The van der Waals surface area contributed by atoms with Gasteiger partial charge >= 0.3 is 0 Å². The second-order valence-electron chi connectivity index (χ2n) is 4.22. The summed E-state index contributed by atoms with van der Waals surface area (Å²) in [6, 6.07) is 6.24. The van der Waals surface area contributed by atoms with Gasteiger partial charge in [-0.05, 0) is 23.6 Å².